The number of benzene rings is 2. The zero-order valence-electron chi connectivity index (χ0n) is 22.8. The molecule has 0 aliphatic carbocycles. The summed E-state index contributed by atoms with van der Waals surface area (Å²) in [4.78, 5) is 26.0. The van der Waals surface area contributed by atoms with Gasteiger partial charge in [-0.15, -0.1) is 0 Å². The number of ether oxygens (including phenoxy) is 3. The number of aromatic nitrogens is 3. The predicted octanol–water partition coefficient (Wildman–Crippen LogP) is 6.49. The molecule has 0 saturated heterocycles. The number of fused-ring (bicyclic) bond motifs is 1. The maximum Gasteiger partial charge on any atom is 0.261 e. The summed E-state index contributed by atoms with van der Waals surface area (Å²) in [5.74, 6) is -3.32. The lowest BCUT2D eigenvalue weighted by atomic mass is 9.98. The van der Waals surface area contributed by atoms with Crippen LogP contribution in [0.3, 0.4) is 0 Å². The number of methoxy groups -OCH3 is 2. The lowest BCUT2D eigenvalue weighted by Gasteiger charge is -2.16. The Morgan fingerprint density at radius 1 is 0.857 bits per heavy atom. The van der Waals surface area contributed by atoms with Crippen molar-refractivity contribution in [2.24, 2.45) is 0 Å². The molecule has 0 radical (unpaired) electrons. The van der Waals surface area contributed by atoms with Gasteiger partial charge >= 0.3 is 0 Å². The van der Waals surface area contributed by atoms with Crippen molar-refractivity contribution < 1.29 is 37.3 Å². The maximum absolute atomic E-state index is 15.1. The van der Waals surface area contributed by atoms with Gasteiger partial charge in [-0.25, -0.2) is 18.2 Å². The van der Waals surface area contributed by atoms with Crippen LogP contribution in [0, 0.1) is 31.3 Å². The lowest BCUT2D eigenvalue weighted by molar-refractivity contribution is 0.102. The van der Waals surface area contributed by atoms with Crippen molar-refractivity contribution in [2.75, 3.05) is 19.5 Å². The Balaban J connectivity index is 1.43. The van der Waals surface area contributed by atoms with E-state index >= 15 is 4.39 Å². The van der Waals surface area contributed by atoms with E-state index in [4.69, 9.17) is 14.2 Å². The highest BCUT2D eigenvalue weighted by Crippen LogP contribution is 2.38. The number of aromatic hydroxyl groups is 1. The summed E-state index contributed by atoms with van der Waals surface area (Å²) in [6.07, 6.45) is 1.47. The van der Waals surface area contributed by atoms with Crippen LogP contribution in [0.5, 0.6) is 28.9 Å². The molecular formula is C30H23F3N4O5. The van der Waals surface area contributed by atoms with E-state index in [1.165, 1.54) is 52.5 Å². The van der Waals surface area contributed by atoms with Gasteiger partial charge in [0.05, 0.1) is 25.4 Å². The molecule has 0 unspecified atom stereocenters. The Labute approximate surface area is 237 Å². The second-order valence-corrected chi connectivity index (χ2v) is 9.08. The van der Waals surface area contributed by atoms with Crippen molar-refractivity contribution in [2.45, 2.75) is 13.8 Å². The molecule has 214 valence electrons. The fourth-order valence-corrected chi connectivity index (χ4v) is 4.48. The quantitative estimate of drug-likeness (QED) is 0.226. The van der Waals surface area contributed by atoms with Crippen molar-refractivity contribution >= 4 is 22.6 Å². The SMILES string of the molecule is COc1cc2nccc(Oc3ccc(NC(=O)c4c(C)nc(C)c(-c5ccc(F)cc5F)c4O)cc3F)c2nc1OC. The maximum atomic E-state index is 15.1. The highest BCUT2D eigenvalue weighted by atomic mass is 19.1. The molecule has 9 nitrogen and oxygen atoms in total. The van der Waals surface area contributed by atoms with E-state index in [9.17, 15) is 18.7 Å². The van der Waals surface area contributed by atoms with Crippen molar-refractivity contribution in [3.63, 3.8) is 0 Å². The summed E-state index contributed by atoms with van der Waals surface area (Å²) < 4.78 is 59.4. The van der Waals surface area contributed by atoms with Crippen molar-refractivity contribution in [3.8, 4) is 40.0 Å². The van der Waals surface area contributed by atoms with Gasteiger partial charge in [-0.3, -0.25) is 14.8 Å². The number of amides is 1. The number of carbonyl (C=O) groups is 1. The number of halogens is 3. The summed E-state index contributed by atoms with van der Waals surface area (Å²) in [6.45, 7) is 3.01. The molecule has 2 N–H and O–H groups in total. The van der Waals surface area contributed by atoms with Crippen LogP contribution in [0.4, 0.5) is 18.9 Å². The van der Waals surface area contributed by atoms with E-state index in [1.807, 2.05) is 0 Å². The topological polar surface area (TPSA) is 116 Å². The first-order valence-electron chi connectivity index (χ1n) is 12.4. The van der Waals surface area contributed by atoms with Gasteiger partial charge in [-0.1, -0.05) is 0 Å². The van der Waals surface area contributed by atoms with Gasteiger partial charge in [0.2, 0.25) is 0 Å². The van der Waals surface area contributed by atoms with Gasteiger partial charge in [0, 0.05) is 53.0 Å². The van der Waals surface area contributed by atoms with E-state index in [2.05, 4.69) is 20.3 Å². The normalized spacial score (nSPS) is 10.9. The second-order valence-electron chi connectivity index (χ2n) is 9.08. The first-order chi connectivity index (χ1) is 20.1. The number of pyridine rings is 3. The summed E-state index contributed by atoms with van der Waals surface area (Å²) in [7, 11) is 2.89. The minimum absolute atomic E-state index is 0.0443. The smallest absolute Gasteiger partial charge is 0.261 e. The molecule has 3 aromatic heterocycles. The van der Waals surface area contributed by atoms with E-state index < -0.39 is 29.1 Å². The van der Waals surface area contributed by atoms with Crippen LogP contribution in [-0.2, 0) is 0 Å². The van der Waals surface area contributed by atoms with E-state index in [0.29, 0.717) is 22.8 Å². The fourth-order valence-electron chi connectivity index (χ4n) is 4.48. The Hall–Kier alpha value is -5.39. The molecule has 0 bridgehead atoms. The molecular weight excluding hydrogens is 553 g/mol. The van der Waals surface area contributed by atoms with Gasteiger partial charge in [-0.2, -0.15) is 0 Å². The molecule has 0 aliphatic rings. The minimum Gasteiger partial charge on any atom is -0.506 e. The molecule has 2 aromatic carbocycles. The number of aryl methyl sites for hydroxylation is 2. The third kappa shape index (κ3) is 5.21. The molecule has 12 heteroatoms. The van der Waals surface area contributed by atoms with Gasteiger partial charge in [0.15, 0.2) is 23.1 Å². The van der Waals surface area contributed by atoms with E-state index in [1.54, 1.807) is 6.07 Å². The number of carbonyl (C=O) groups excluding carboxylic acids is 1. The standard InChI is InChI=1S/C30H23F3N4O5/c1-14-25(18-7-5-16(31)11-19(18)32)28(38)26(15(2)35-14)29(39)36-17-6-8-22(20(33)12-17)42-23-9-10-34-21-13-24(40-3)30(41-4)37-27(21)23/h5-13H,1-4H3,(H,35,38)(H,36,39). The fraction of sp³-hybridized carbons (Fsp3) is 0.133. The molecule has 0 spiro atoms. The van der Waals surface area contributed by atoms with Crippen LogP contribution < -0.4 is 19.5 Å². The summed E-state index contributed by atoms with van der Waals surface area (Å²) in [5, 5.41) is 13.5. The number of rotatable bonds is 7. The monoisotopic (exact) mass is 576 g/mol. The lowest BCUT2D eigenvalue weighted by Crippen LogP contribution is -2.16. The predicted molar refractivity (Wildman–Crippen MR) is 148 cm³/mol. The number of nitrogens with zero attached hydrogens (tertiary/aromatic N) is 3. The molecule has 3 heterocycles. The average Bonchev–Trinajstić information content (AvgIpc) is 2.94. The third-order valence-corrected chi connectivity index (χ3v) is 6.39. The van der Waals surface area contributed by atoms with Crippen LogP contribution in [-0.4, -0.2) is 40.2 Å². The van der Waals surface area contributed by atoms with Gasteiger partial charge in [0.1, 0.15) is 28.5 Å². The highest BCUT2D eigenvalue weighted by molar-refractivity contribution is 6.08. The Morgan fingerprint density at radius 3 is 2.33 bits per heavy atom. The molecule has 0 atom stereocenters. The molecule has 1 amide bonds. The highest BCUT2D eigenvalue weighted by Gasteiger charge is 2.24. The second kappa shape index (κ2) is 11.2. The molecule has 0 saturated carbocycles. The van der Waals surface area contributed by atoms with Crippen LogP contribution >= 0.6 is 0 Å². The third-order valence-electron chi connectivity index (χ3n) is 6.39. The van der Waals surface area contributed by atoms with Crippen molar-refractivity contribution in [1.29, 1.82) is 0 Å². The van der Waals surface area contributed by atoms with Crippen molar-refractivity contribution in [3.05, 3.63) is 89.1 Å². The first kappa shape index (κ1) is 28.1. The average molecular weight is 577 g/mol. The molecule has 42 heavy (non-hydrogen) atoms. The Morgan fingerprint density at radius 2 is 1.64 bits per heavy atom. The summed E-state index contributed by atoms with van der Waals surface area (Å²) in [6, 6.07) is 9.68. The number of hydrogen-bond acceptors (Lipinski definition) is 8. The van der Waals surface area contributed by atoms with Gasteiger partial charge < -0.3 is 24.6 Å². The minimum atomic E-state index is -0.933. The number of hydrogen-bond donors (Lipinski definition) is 2. The summed E-state index contributed by atoms with van der Waals surface area (Å²) >= 11 is 0. The van der Waals surface area contributed by atoms with Crippen LogP contribution in [0.25, 0.3) is 22.2 Å². The molecule has 5 aromatic rings. The van der Waals surface area contributed by atoms with Crippen LogP contribution in [0.1, 0.15) is 21.7 Å². The van der Waals surface area contributed by atoms with Gasteiger partial charge in [0.25, 0.3) is 11.8 Å². The van der Waals surface area contributed by atoms with Crippen LogP contribution in [0.2, 0.25) is 0 Å². The molecule has 5 rings (SSSR count). The summed E-state index contributed by atoms with van der Waals surface area (Å²) in [5.41, 5.74) is 0.711. The first-order valence-corrected chi connectivity index (χ1v) is 12.4. The van der Waals surface area contributed by atoms with E-state index in [-0.39, 0.29) is 51.1 Å². The van der Waals surface area contributed by atoms with Gasteiger partial charge in [-0.05, 0) is 38.1 Å². The number of anilines is 1. The van der Waals surface area contributed by atoms with Crippen molar-refractivity contribution in [1.82, 2.24) is 15.0 Å². The molecule has 0 fully saturated rings. The zero-order valence-corrected chi connectivity index (χ0v) is 22.8. The largest absolute Gasteiger partial charge is 0.506 e. The molecule has 0 aliphatic heterocycles. The van der Waals surface area contributed by atoms with Crippen LogP contribution in [0.15, 0.2) is 54.7 Å². The Bertz CT molecular complexity index is 1870. The Kier molecular flexibility index (Phi) is 7.53. The number of nitrogens with one attached hydrogen (secondary N) is 1. The zero-order chi connectivity index (χ0) is 30.1. The van der Waals surface area contributed by atoms with E-state index in [0.717, 1.165) is 18.2 Å².